The fourth-order valence-electron chi connectivity index (χ4n) is 4.15. The lowest BCUT2D eigenvalue weighted by atomic mass is 10.0. The van der Waals surface area contributed by atoms with Crippen LogP contribution < -0.4 is 4.74 Å². The summed E-state index contributed by atoms with van der Waals surface area (Å²) in [6.45, 7) is 8.71. The first-order valence-electron chi connectivity index (χ1n) is 9.82. The highest BCUT2D eigenvalue weighted by molar-refractivity contribution is 5.96. The number of nitrogens with zero attached hydrogens (tertiary/aromatic N) is 3. The van der Waals surface area contributed by atoms with Gasteiger partial charge in [0.05, 0.1) is 24.4 Å². The third-order valence-electron chi connectivity index (χ3n) is 5.63. The van der Waals surface area contributed by atoms with Gasteiger partial charge in [0.1, 0.15) is 5.75 Å². The Hall–Kier alpha value is -2.63. The minimum Gasteiger partial charge on any atom is -0.497 e. The van der Waals surface area contributed by atoms with E-state index in [1.54, 1.807) is 14.0 Å². The molecule has 0 spiro atoms. The summed E-state index contributed by atoms with van der Waals surface area (Å²) in [7, 11) is 1.67. The molecule has 150 valence electrons. The standard InChI is InChI=1S/C22H29N3O3/c1-14(25-16(3)22(17(4)26)15(2)23-25)12-21(27)24-10-8-18-6-7-20(28-5)13-19(18)9-11-24/h6-7,13-14H,8-12H2,1-5H3/t14-/m1/s1. The molecule has 1 aromatic carbocycles. The summed E-state index contributed by atoms with van der Waals surface area (Å²) in [6, 6.07) is 6.06. The van der Waals surface area contributed by atoms with E-state index in [1.807, 2.05) is 36.4 Å². The molecule has 2 aromatic rings. The molecule has 0 saturated carbocycles. The molecular weight excluding hydrogens is 354 g/mol. The predicted molar refractivity (Wildman–Crippen MR) is 108 cm³/mol. The van der Waals surface area contributed by atoms with Gasteiger partial charge in [-0.1, -0.05) is 6.07 Å². The van der Waals surface area contributed by atoms with Crippen LogP contribution in [-0.2, 0) is 17.6 Å². The number of ether oxygens (including phenoxy) is 1. The van der Waals surface area contributed by atoms with Crippen LogP contribution in [0.15, 0.2) is 18.2 Å². The Labute approximate surface area is 166 Å². The number of amides is 1. The van der Waals surface area contributed by atoms with Gasteiger partial charge < -0.3 is 9.64 Å². The van der Waals surface area contributed by atoms with Crippen molar-refractivity contribution in [3.8, 4) is 5.75 Å². The van der Waals surface area contributed by atoms with E-state index >= 15 is 0 Å². The van der Waals surface area contributed by atoms with E-state index in [2.05, 4.69) is 17.2 Å². The number of rotatable bonds is 5. The molecule has 0 fully saturated rings. The summed E-state index contributed by atoms with van der Waals surface area (Å²) < 4.78 is 7.14. The molecule has 3 rings (SSSR count). The topological polar surface area (TPSA) is 64.4 Å². The van der Waals surface area contributed by atoms with Gasteiger partial charge in [-0.05, 0) is 63.8 Å². The van der Waals surface area contributed by atoms with Crippen LogP contribution >= 0.6 is 0 Å². The molecule has 0 radical (unpaired) electrons. The van der Waals surface area contributed by atoms with Crippen molar-refractivity contribution in [3.63, 3.8) is 0 Å². The average Bonchev–Trinajstić information content (AvgIpc) is 2.83. The number of Topliss-reactive ketones (excluding diaryl/α,β-unsaturated/α-hetero) is 1. The SMILES string of the molecule is COc1ccc2c(c1)CCN(C(=O)C[C@@H](C)n1nc(C)c(C(C)=O)c1C)CC2. The van der Waals surface area contributed by atoms with Gasteiger partial charge in [-0.3, -0.25) is 14.3 Å². The Balaban J connectivity index is 1.68. The molecule has 0 unspecified atom stereocenters. The molecule has 1 atom stereocenters. The molecule has 0 bridgehead atoms. The van der Waals surface area contributed by atoms with E-state index in [9.17, 15) is 9.59 Å². The lowest BCUT2D eigenvalue weighted by molar-refractivity contribution is -0.131. The Morgan fingerprint density at radius 2 is 1.86 bits per heavy atom. The van der Waals surface area contributed by atoms with Gasteiger partial charge >= 0.3 is 0 Å². The molecule has 1 aliphatic heterocycles. The van der Waals surface area contributed by atoms with Crippen LogP contribution in [-0.4, -0.2) is 46.6 Å². The number of aryl methyl sites for hydroxylation is 1. The van der Waals surface area contributed by atoms with E-state index in [1.165, 1.54) is 11.1 Å². The van der Waals surface area contributed by atoms with Gasteiger partial charge in [-0.25, -0.2) is 0 Å². The van der Waals surface area contributed by atoms with Crippen LogP contribution in [0, 0.1) is 13.8 Å². The van der Waals surface area contributed by atoms with Crippen LogP contribution in [0.25, 0.3) is 0 Å². The zero-order valence-electron chi connectivity index (χ0n) is 17.4. The number of ketones is 1. The average molecular weight is 383 g/mol. The van der Waals surface area contributed by atoms with Crippen LogP contribution in [0.1, 0.15) is 59.2 Å². The molecule has 1 aliphatic rings. The first-order chi connectivity index (χ1) is 13.3. The number of carbonyl (C=O) groups is 2. The molecule has 2 heterocycles. The van der Waals surface area contributed by atoms with Gasteiger partial charge in [0.15, 0.2) is 5.78 Å². The third-order valence-corrected chi connectivity index (χ3v) is 5.63. The van der Waals surface area contributed by atoms with E-state index in [0.29, 0.717) is 18.5 Å². The maximum atomic E-state index is 12.9. The maximum absolute atomic E-state index is 12.9. The molecule has 1 aromatic heterocycles. The first-order valence-corrected chi connectivity index (χ1v) is 9.82. The number of hydrogen-bond acceptors (Lipinski definition) is 4. The van der Waals surface area contributed by atoms with Crippen LogP contribution in [0.2, 0.25) is 0 Å². The van der Waals surface area contributed by atoms with Crippen molar-refractivity contribution >= 4 is 11.7 Å². The van der Waals surface area contributed by atoms with Crippen molar-refractivity contribution in [3.05, 3.63) is 46.3 Å². The summed E-state index contributed by atoms with van der Waals surface area (Å²) in [5, 5.41) is 4.51. The van der Waals surface area contributed by atoms with Gasteiger partial charge in [0, 0.05) is 25.2 Å². The Morgan fingerprint density at radius 1 is 1.18 bits per heavy atom. The van der Waals surface area contributed by atoms with Crippen molar-refractivity contribution in [1.29, 1.82) is 0 Å². The minimum absolute atomic E-state index is 0.0143. The summed E-state index contributed by atoms with van der Waals surface area (Å²) >= 11 is 0. The van der Waals surface area contributed by atoms with Crippen LogP contribution in [0.3, 0.4) is 0 Å². The van der Waals surface area contributed by atoms with Crippen molar-refractivity contribution in [2.24, 2.45) is 0 Å². The van der Waals surface area contributed by atoms with Crippen molar-refractivity contribution < 1.29 is 14.3 Å². The summed E-state index contributed by atoms with van der Waals surface area (Å²) in [5.41, 5.74) is 4.77. The largest absolute Gasteiger partial charge is 0.497 e. The Morgan fingerprint density at radius 3 is 2.46 bits per heavy atom. The summed E-state index contributed by atoms with van der Waals surface area (Å²) in [4.78, 5) is 26.7. The molecule has 0 N–H and O–H groups in total. The molecule has 1 amide bonds. The predicted octanol–water partition coefficient (Wildman–Crippen LogP) is 3.29. The highest BCUT2D eigenvalue weighted by Crippen LogP contribution is 2.24. The van der Waals surface area contributed by atoms with E-state index in [0.717, 1.165) is 36.5 Å². The summed E-state index contributed by atoms with van der Waals surface area (Å²) in [5.74, 6) is 1.00. The Kier molecular flexibility index (Phi) is 5.87. The molecule has 6 heteroatoms. The van der Waals surface area contributed by atoms with E-state index < -0.39 is 0 Å². The zero-order chi connectivity index (χ0) is 20.4. The molecule has 0 saturated heterocycles. The second-order valence-electron chi connectivity index (χ2n) is 7.62. The molecule has 0 aliphatic carbocycles. The maximum Gasteiger partial charge on any atom is 0.224 e. The van der Waals surface area contributed by atoms with Crippen molar-refractivity contribution in [2.75, 3.05) is 20.2 Å². The Bertz CT molecular complexity index is 901. The van der Waals surface area contributed by atoms with Gasteiger partial charge in [-0.15, -0.1) is 0 Å². The molecular formula is C22H29N3O3. The summed E-state index contributed by atoms with van der Waals surface area (Å²) in [6.07, 6.45) is 2.06. The zero-order valence-corrected chi connectivity index (χ0v) is 17.4. The number of fused-ring (bicyclic) bond motifs is 1. The van der Waals surface area contributed by atoms with Gasteiger partial charge in [-0.2, -0.15) is 5.10 Å². The van der Waals surface area contributed by atoms with Crippen LogP contribution in [0.4, 0.5) is 0 Å². The minimum atomic E-state index is -0.0926. The number of hydrogen-bond donors (Lipinski definition) is 0. The highest BCUT2D eigenvalue weighted by atomic mass is 16.5. The smallest absolute Gasteiger partial charge is 0.224 e. The van der Waals surface area contributed by atoms with Crippen LogP contribution in [0.5, 0.6) is 5.75 Å². The van der Waals surface area contributed by atoms with Gasteiger partial charge in [0.25, 0.3) is 0 Å². The lowest BCUT2D eigenvalue weighted by Gasteiger charge is -2.23. The monoisotopic (exact) mass is 383 g/mol. The number of methoxy groups -OCH3 is 1. The number of aromatic nitrogens is 2. The molecule has 28 heavy (non-hydrogen) atoms. The fourth-order valence-corrected chi connectivity index (χ4v) is 4.15. The van der Waals surface area contributed by atoms with E-state index in [4.69, 9.17) is 4.74 Å². The normalized spacial score (nSPS) is 15.0. The molecule has 6 nitrogen and oxygen atoms in total. The highest BCUT2D eigenvalue weighted by Gasteiger charge is 2.24. The van der Waals surface area contributed by atoms with Crippen molar-refractivity contribution in [2.45, 2.75) is 53.0 Å². The van der Waals surface area contributed by atoms with Crippen molar-refractivity contribution in [1.82, 2.24) is 14.7 Å². The quantitative estimate of drug-likeness (QED) is 0.743. The second kappa shape index (κ2) is 8.17. The lowest BCUT2D eigenvalue weighted by Crippen LogP contribution is -2.34. The van der Waals surface area contributed by atoms with E-state index in [-0.39, 0.29) is 17.7 Å². The fraction of sp³-hybridized carbons (Fsp3) is 0.500. The second-order valence-corrected chi connectivity index (χ2v) is 7.62. The number of carbonyl (C=O) groups excluding carboxylic acids is 2. The number of benzene rings is 1. The first kappa shape index (κ1) is 20.1. The third kappa shape index (κ3) is 3.96. The van der Waals surface area contributed by atoms with Gasteiger partial charge in [0.2, 0.25) is 5.91 Å².